The highest BCUT2D eigenvalue weighted by Gasteiger charge is 2.31. The van der Waals surface area contributed by atoms with Crippen LogP contribution in [0.5, 0.6) is 0 Å². The molecule has 1 heterocycles. The molecule has 17 heavy (non-hydrogen) atoms. The maximum atomic E-state index is 12.0. The van der Waals surface area contributed by atoms with E-state index in [-0.39, 0.29) is 12.4 Å². The molecule has 1 N–H and O–H groups in total. The molecule has 1 aliphatic carbocycles. The molecule has 1 saturated heterocycles. The number of nitrogens with one attached hydrogen (secondary N) is 1. The van der Waals surface area contributed by atoms with E-state index >= 15 is 0 Å². The average molecular weight is 259 g/mol. The van der Waals surface area contributed by atoms with Crippen LogP contribution < -0.4 is 5.32 Å². The quantitative estimate of drug-likeness (QED) is 0.741. The lowest BCUT2D eigenvalue weighted by Crippen LogP contribution is -2.34. The van der Waals surface area contributed by atoms with Gasteiger partial charge in [0.25, 0.3) is 0 Å². The summed E-state index contributed by atoms with van der Waals surface area (Å²) in [5.74, 6) is 0.316. The topological polar surface area (TPSA) is 32.3 Å². The molecular weight excluding hydrogens is 236 g/mol. The van der Waals surface area contributed by atoms with Crippen molar-refractivity contribution in [3.05, 3.63) is 12.7 Å². The lowest BCUT2D eigenvalue weighted by molar-refractivity contribution is -0.131. The van der Waals surface area contributed by atoms with Gasteiger partial charge in [-0.1, -0.05) is 6.08 Å². The highest BCUT2D eigenvalue weighted by atomic mass is 35.5. The normalized spacial score (nSPS) is 22.9. The van der Waals surface area contributed by atoms with Crippen LogP contribution >= 0.6 is 12.4 Å². The highest BCUT2D eigenvalue weighted by molar-refractivity contribution is 5.85. The minimum atomic E-state index is 0. The van der Waals surface area contributed by atoms with Crippen molar-refractivity contribution in [1.29, 1.82) is 0 Å². The van der Waals surface area contributed by atoms with Gasteiger partial charge in [0.15, 0.2) is 0 Å². The van der Waals surface area contributed by atoms with Gasteiger partial charge in [0.05, 0.1) is 0 Å². The second-order valence-electron chi connectivity index (χ2n) is 4.90. The monoisotopic (exact) mass is 258 g/mol. The van der Waals surface area contributed by atoms with Crippen LogP contribution in [0.2, 0.25) is 0 Å². The molecule has 4 heteroatoms. The Morgan fingerprint density at radius 1 is 1.41 bits per heavy atom. The molecule has 1 saturated carbocycles. The van der Waals surface area contributed by atoms with Gasteiger partial charge in [-0.25, -0.2) is 0 Å². The van der Waals surface area contributed by atoms with Crippen molar-refractivity contribution < 1.29 is 4.79 Å². The smallest absolute Gasteiger partial charge is 0.223 e. The van der Waals surface area contributed by atoms with Crippen LogP contribution in [0.25, 0.3) is 0 Å². The number of nitrogens with zero attached hydrogens (tertiary/aromatic N) is 1. The van der Waals surface area contributed by atoms with E-state index in [1.54, 1.807) is 0 Å². The Bertz CT molecular complexity index is 260. The zero-order valence-corrected chi connectivity index (χ0v) is 11.2. The standard InChI is InChI=1S/C13H22N2O.ClH/c1-2-10-15(12-6-7-12)13(16)8-5-11-4-3-9-14-11;/h2,11-12,14H,1,3-10H2;1H. The zero-order chi connectivity index (χ0) is 11.4. The molecule has 0 aromatic rings. The van der Waals surface area contributed by atoms with Crippen LogP contribution in [-0.4, -0.2) is 36.0 Å². The summed E-state index contributed by atoms with van der Waals surface area (Å²) in [7, 11) is 0. The van der Waals surface area contributed by atoms with Crippen molar-refractivity contribution >= 4 is 18.3 Å². The fraction of sp³-hybridized carbons (Fsp3) is 0.769. The summed E-state index contributed by atoms with van der Waals surface area (Å²) >= 11 is 0. The Morgan fingerprint density at radius 2 is 2.18 bits per heavy atom. The van der Waals surface area contributed by atoms with E-state index in [1.807, 2.05) is 11.0 Å². The fourth-order valence-electron chi connectivity index (χ4n) is 2.42. The first-order valence-electron chi connectivity index (χ1n) is 6.45. The van der Waals surface area contributed by atoms with E-state index in [4.69, 9.17) is 0 Å². The average Bonchev–Trinajstić information content (AvgIpc) is 2.99. The molecule has 1 aliphatic heterocycles. The molecule has 1 atom stereocenters. The van der Waals surface area contributed by atoms with E-state index in [0.717, 1.165) is 19.5 Å². The third-order valence-corrected chi connectivity index (χ3v) is 3.50. The number of halogens is 1. The lowest BCUT2D eigenvalue weighted by Gasteiger charge is -2.21. The summed E-state index contributed by atoms with van der Waals surface area (Å²) in [5.41, 5.74) is 0. The van der Waals surface area contributed by atoms with Crippen molar-refractivity contribution in [2.24, 2.45) is 0 Å². The number of carbonyl (C=O) groups excluding carboxylic acids is 1. The van der Waals surface area contributed by atoms with E-state index in [1.165, 1.54) is 25.7 Å². The van der Waals surface area contributed by atoms with Gasteiger partial charge in [-0.15, -0.1) is 19.0 Å². The molecule has 3 nitrogen and oxygen atoms in total. The van der Waals surface area contributed by atoms with Gasteiger partial charge < -0.3 is 10.2 Å². The summed E-state index contributed by atoms with van der Waals surface area (Å²) in [6.45, 7) is 5.57. The van der Waals surface area contributed by atoms with Crippen LogP contribution in [-0.2, 0) is 4.79 Å². The van der Waals surface area contributed by atoms with Gasteiger partial charge in [-0.05, 0) is 38.6 Å². The summed E-state index contributed by atoms with van der Waals surface area (Å²) in [6, 6.07) is 1.09. The number of rotatable bonds is 6. The zero-order valence-electron chi connectivity index (χ0n) is 10.4. The second-order valence-corrected chi connectivity index (χ2v) is 4.90. The number of hydrogen-bond acceptors (Lipinski definition) is 2. The first-order valence-corrected chi connectivity index (χ1v) is 6.45. The second kappa shape index (κ2) is 7.02. The van der Waals surface area contributed by atoms with Crippen LogP contribution in [0.15, 0.2) is 12.7 Å². The molecule has 1 amide bonds. The molecular formula is C13H23ClN2O. The third kappa shape index (κ3) is 4.32. The van der Waals surface area contributed by atoms with Crippen LogP contribution in [0.4, 0.5) is 0 Å². The number of amides is 1. The maximum Gasteiger partial charge on any atom is 0.223 e. The fourth-order valence-corrected chi connectivity index (χ4v) is 2.42. The van der Waals surface area contributed by atoms with Crippen molar-refractivity contribution in [2.45, 2.75) is 50.6 Å². The van der Waals surface area contributed by atoms with Crippen molar-refractivity contribution in [2.75, 3.05) is 13.1 Å². The third-order valence-electron chi connectivity index (χ3n) is 3.50. The summed E-state index contributed by atoms with van der Waals surface area (Å²) in [5, 5.41) is 3.44. The Morgan fingerprint density at radius 3 is 2.71 bits per heavy atom. The first kappa shape index (κ1) is 14.5. The molecule has 2 rings (SSSR count). The molecule has 2 fully saturated rings. The van der Waals surface area contributed by atoms with Gasteiger partial charge in [-0.2, -0.15) is 0 Å². The highest BCUT2D eigenvalue weighted by Crippen LogP contribution is 2.27. The summed E-state index contributed by atoms with van der Waals surface area (Å²) in [4.78, 5) is 14.0. The van der Waals surface area contributed by atoms with Gasteiger partial charge in [0.1, 0.15) is 0 Å². The van der Waals surface area contributed by atoms with Gasteiger partial charge >= 0.3 is 0 Å². The number of hydrogen-bond donors (Lipinski definition) is 1. The lowest BCUT2D eigenvalue weighted by atomic mass is 10.1. The Hall–Kier alpha value is -0.540. The Labute approximate surface area is 110 Å². The predicted octanol–water partition coefficient (Wildman–Crippen LogP) is 2.12. The summed E-state index contributed by atoms with van der Waals surface area (Å²) < 4.78 is 0. The molecule has 0 spiro atoms. The van der Waals surface area contributed by atoms with Crippen molar-refractivity contribution in [1.82, 2.24) is 10.2 Å². The van der Waals surface area contributed by atoms with Gasteiger partial charge in [-0.3, -0.25) is 4.79 Å². The minimum absolute atomic E-state index is 0. The van der Waals surface area contributed by atoms with E-state index in [0.29, 0.717) is 24.4 Å². The maximum absolute atomic E-state index is 12.0. The molecule has 2 aliphatic rings. The van der Waals surface area contributed by atoms with E-state index < -0.39 is 0 Å². The molecule has 0 bridgehead atoms. The molecule has 98 valence electrons. The van der Waals surface area contributed by atoms with E-state index in [2.05, 4.69) is 11.9 Å². The van der Waals surface area contributed by atoms with E-state index in [9.17, 15) is 4.79 Å². The van der Waals surface area contributed by atoms with Crippen molar-refractivity contribution in [3.8, 4) is 0 Å². The van der Waals surface area contributed by atoms with Gasteiger partial charge in [0.2, 0.25) is 5.91 Å². The number of carbonyl (C=O) groups is 1. The SMILES string of the molecule is C=CCN(C(=O)CCC1CCCN1)C1CC1.Cl. The van der Waals surface area contributed by atoms with Gasteiger partial charge in [0, 0.05) is 25.0 Å². The molecule has 1 unspecified atom stereocenters. The molecule has 0 aromatic carbocycles. The van der Waals surface area contributed by atoms with Crippen LogP contribution in [0.3, 0.4) is 0 Å². The van der Waals surface area contributed by atoms with Crippen LogP contribution in [0, 0.1) is 0 Å². The summed E-state index contributed by atoms with van der Waals surface area (Å²) in [6.07, 6.45) is 8.39. The minimum Gasteiger partial charge on any atom is -0.336 e. The molecule has 0 radical (unpaired) electrons. The predicted molar refractivity (Wildman–Crippen MR) is 72.4 cm³/mol. The first-order chi connectivity index (χ1) is 7.81. The van der Waals surface area contributed by atoms with Crippen molar-refractivity contribution in [3.63, 3.8) is 0 Å². The Balaban J connectivity index is 0.00000144. The largest absolute Gasteiger partial charge is 0.336 e. The molecule has 0 aromatic heterocycles. The Kier molecular flexibility index (Phi) is 6.00. The van der Waals surface area contributed by atoms with Crippen LogP contribution in [0.1, 0.15) is 38.5 Å².